The van der Waals surface area contributed by atoms with Crippen LogP contribution in [0.3, 0.4) is 0 Å². The largest absolute Gasteiger partial charge is 0.481 e. The van der Waals surface area contributed by atoms with Crippen molar-refractivity contribution in [2.75, 3.05) is 5.75 Å². The van der Waals surface area contributed by atoms with Crippen molar-refractivity contribution in [3.05, 3.63) is 17.5 Å². The number of carbonyl (C=O) groups is 2. The van der Waals surface area contributed by atoms with Crippen molar-refractivity contribution in [3.63, 3.8) is 0 Å². The van der Waals surface area contributed by atoms with E-state index in [1.807, 2.05) is 17.5 Å². The number of rotatable bonds is 6. The molecule has 1 aromatic heterocycles. The number of carboxylic acids is 1. The summed E-state index contributed by atoms with van der Waals surface area (Å²) in [6.07, 6.45) is 0. The van der Waals surface area contributed by atoms with Gasteiger partial charge in [0.2, 0.25) is 5.91 Å². The summed E-state index contributed by atoms with van der Waals surface area (Å²) in [5.74, 6) is -0.791. The molecule has 0 atom stereocenters. The van der Waals surface area contributed by atoms with Crippen LogP contribution in [0.5, 0.6) is 0 Å². The lowest BCUT2D eigenvalue weighted by Crippen LogP contribution is -2.57. The molecule has 0 fully saturated rings. The monoisotopic (exact) mass is 301 g/mol. The van der Waals surface area contributed by atoms with Gasteiger partial charge < -0.3 is 10.4 Å². The minimum atomic E-state index is -1.03. The summed E-state index contributed by atoms with van der Waals surface area (Å²) < 4.78 is 1.07. The van der Waals surface area contributed by atoms with Gasteiger partial charge in [-0.25, -0.2) is 0 Å². The second kappa shape index (κ2) is 5.96. The highest BCUT2D eigenvalue weighted by atomic mass is 32.2. The molecule has 0 spiro atoms. The van der Waals surface area contributed by atoms with Gasteiger partial charge in [-0.2, -0.15) is 0 Å². The van der Waals surface area contributed by atoms with Crippen molar-refractivity contribution in [2.24, 2.45) is 5.41 Å². The summed E-state index contributed by atoms with van der Waals surface area (Å²) in [7, 11) is 0. The van der Waals surface area contributed by atoms with Gasteiger partial charge in [0, 0.05) is 5.54 Å². The highest BCUT2D eigenvalue weighted by molar-refractivity contribution is 8.01. The first-order chi connectivity index (χ1) is 8.67. The average molecular weight is 301 g/mol. The number of carbonyl (C=O) groups excluding carboxylic acids is 1. The Balaban J connectivity index is 2.58. The molecule has 4 nitrogen and oxygen atoms in total. The molecule has 0 aliphatic heterocycles. The first kappa shape index (κ1) is 16.0. The van der Waals surface area contributed by atoms with Crippen LogP contribution in [0.25, 0.3) is 0 Å². The minimum Gasteiger partial charge on any atom is -0.481 e. The van der Waals surface area contributed by atoms with Gasteiger partial charge in [-0.3, -0.25) is 9.59 Å². The molecular weight excluding hydrogens is 282 g/mol. The lowest BCUT2D eigenvalue weighted by atomic mass is 9.74. The second-order valence-electron chi connectivity index (χ2n) is 5.32. The number of carboxylic acid groups (broad SMARTS) is 1. The van der Waals surface area contributed by atoms with Gasteiger partial charge in [-0.15, -0.1) is 23.1 Å². The van der Waals surface area contributed by atoms with Gasteiger partial charge >= 0.3 is 5.97 Å². The van der Waals surface area contributed by atoms with Gasteiger partial charge in [-0.1, -0.05) is 6.07 Å². The third-order valence-corrected chi connectivity index (χ3v) is 5.52. The van der Waals surface area contributed by atoms with E-state index in [1.54, 1.807) is 39.0 Å². The fourth-order valence-electron chi connectivity index (χ4n) is 1.29. The van der Waals surface area contributed by atoms with Gasteiger partial charge in [0.25, 0.3) is 0 Å². The number of hydrogen-bond donors (Lipinski definition) is 2. The molecule has 6 heteroatoms. The molecule has 2 N–H and O–H groups in total. The van der Waals surface area contributed by atoms with E-state index in [4.69, 9.17) is 0 Å². The molecule has 1 rings (SSSR count). The number of nitrogens with one attached hydrogen (secondary N) is 1. The smallest absolute Gasteiger partial charge is 0.311 e. The molecule has 19 heavy (non-hydrogen) atoms. The number of amides is 1. The van der Waals surface area contributed by atoms with E-state index in [-0.39, 0.29) is 5.91 Å². The van der Waals surface area contributed by atoms with Crippen LogP contribution in [0, 0.1) is 5.41 Å². The van der Waals surface area contributed by atoms with Crippen LogP contribution in [0.15, 0.2) is 21.7 Å². The molecule has 0 bridgehead atoms. The molecule has 0 aliphatic carbocycles. The maximum Gasteiger partial charge on any atom is 0.311 e. The number of thioether (sulfide) groups is 1. The van der Waals surface area contributed by atoms with E-state index in [9.17, 15) is 14.7 Å². The zero-order valence-electron chi connectivity index (χ0n) is 11.5. The lowest BCUT2D eigenvalue weighted by molar-refractivity contribution is -0.151. The molecule has 0 saturated heterocycles. The normalized spacial score (nSPS) is 12.2. The number of aliphatic carboxylic acids is 1. The summed E-state index contributed by atoms with van der Waals surface area (Å²) in [5.41, 5.74) is -1.85. The SMILES string of the molecule is CC(C)(NC(=O)CSc1cccs1)C(C)(C)C(=O)O. The van der Waals surface area contributed by atoms with Crippen LogP contribution in [0.2, 0.25) is 0 Å². The Hall–Kier alpha value is -1.01. The molecule has 106 valence electrons. The standard InChI is InChI=1S/C13H19NO3S2/c1-12(2,11(16)17)13(3,4)14-9(15)8-19-10-6-5-7-18-10/h5-7H,8H2,1-4H3,(H,14,15)(H,16,17). The topological polar surface area (TPSA) is 66.4 Å². The lowest BCUT2D eigenvalue weighted by Gasteiger charge is -2.38. The fraction of sp³-hybridized carbons (Fsp3) is 0.538. The molecule has 1 heterocycles. The third kappa shape index (κ3) is 3.98. The maximum atomic E-state index is 11.9. The van der Waals surface area contributed by atoms with Gasteiger partial charge in [-0.05, 0) is 39.1 Å². The van der Waals surface area contributed by atoms with E-state index in [0.29, 0.717) is 5.75 Å². The number of thiophene rings is 1. The Kier molecular flexibility index (Phi) is 5.04. The third-order valence-electron chi connectivity index (χ3n) is 3.39. The Bertz CT molecular complexity index is 452. The zero-order valence-corrected chi connectivity index (χ0v) is 13.2. The molecule has 0 aromatic carbocycles. The van der Waals surface area contributed by atoms with Crippen molar-refractivity contribution < 1.29 is 14.7 Å². The van der Waals surface area contributed by atoms with Crippen LogP contribution in [0.4, 0.5) is 0 Å². The molecule has 0 radical (unpaired) electrons. The fourth-order valence-corrected chi connectivity index (χ4v) is 2.87. The summed E-state index contributed by atoms with van der Waals surface area (Å²) in [6.45, 7) is 6.69. The summed E-state index contributed by atoms with van der Waals surface area (Å²) >= 11 is 3.04. The average Bonchev–Trinajstić information content (AvgIpc) is 2.78. The molecule has 0 saturated carbocycles. The maximum absolute atomic E-state index is 11.9. The van der Waals surface area contributed by atoms with Gasteiger partial charge in [0.05, 0.1) is 15.4 Å². The predicted octanol–water partition coefficient (Wildman–Crippen LogP) is 2.85. The van der Waals surface area contributed by atoms with Crippen molar-refractivity contribution in [2.45, 2.75) is 37.4 Å². The minimum absolute atomic E-state index is 0.155. The van der Waals surface area contributed by atoms with E-state index >= 15 is 0 Å². The van der Waals surface area contributed by atoms with E-state index in [0.717, 1.165) is 4.21 Å². The molecule has 1 amide bonds. The van der Waals surface area contributed by atoms with E-state index in [2.05, 4.69) is 5.32 Å². The molecule has 1 aromatic rings. The molecule has 0 unspecified atom stereocenters. The van der Waals surface area contributed by atoms with Crippen molar-refractivity contribution in [1.82, 2.24) is 5.32 Å². The van der Waals surface area contributed by atoms with E-state index < -0.39 is 16.9 Å². The Morgan fingerprint density at radius 1 is 1.37 bits per heavy atom. The summed E-state index contributed by atoms with van der Waals surface area (Å²) in [4.78, 5) is 23.1. The second-order valence-corrected chi connectivity index (χ2v) is 7.55. The predicted molar refractivity (Wildman–Crippen MR) is 78.7 cm³/mol. The first-order valence-corrected chi connectivity index (χ1v) is 7.74. The van der Waals surface area contributed by atoms with Crippen LogP contribution in [-0.2, 0) is 9.59 Å². The van der Waals surface area contributed by atoms with Crippen molar-refractivity contribution in [3.8, 4) is 0 Å². The highest BCUT2D eigenvalue weighted by Crippen LogP contribution is 2.31. The summed E-state index contributed by atoms with van der Waals surface area (Å²) in [5, 5.41) is 14.0. The number of hydrogen-bond acceptors (Lipinski definition) is 4. The van der Waals surface area contributed by atoms with E-state index in [1.165, 1.54) is 11.8 Å². The van der Waals surface area contributed by atoms with Crippen molar-refractivity contribution in [1.29, 1.82) is 0 Å². The van der Waals surface area contributed by atoms with Crippen LogP contribution >= 0.6 is 23.1 Å². The van der Waals surface area contributed by atoms with Gasteiger partial charge in [0.15, 0.2) is 0 Å². The van der Waals surface area contributed by atoms with Gasteiger partial charge in [0.1, 0.15) is 0 Å². The quantitative estimate of drug-likeness (QED) is 0.793. The Morgan fingerprint density at radius 3 is 2.47 bits per heavy atom. The van der Waals surface area contributed by atoms with Crippen molar-refractivity contribution >= 4 is 35.0 Å². The molecule has 0 aliphatic rings. The van der Waals surface area contributed by atoms with Crippen LogP contribution in [0.1, 0.15) is 27.7 Å². The Morgan fingerprint density at radius 2 is 2.00 bits per heavy atom. The Labute approximate surface area is 121 Å². The van der Waals surface area contributed by atoms with Crippen LogP contribution in [-0.4, -0.2) is 28.3 Å². The summed E-state index contributed by atoms with van der Waals surface area (Å²) in [6, 6.07) is 3.89. The zero-order chi connectivity index (χ0) is 14.7. The first-order valence-electron chi connectivity index (χ1n) is 5.87. The highest BCUT2D eigenvalue weighted by Gasteiger charge is 2.44. The molecular formula is C13H19NO3S2. The van der Waals surface area contributed by atoms with Crippen LogP contribution < -0.4 is 5.32 Å².